The van der Waals surface area contributed by atoms with Crippen LogP contribution in [-0.4, -0.2) is 5.11 Å². The first-order chi connectivity index (χ1) is 7.84. The van der Waals surface area contributed by atoms with E-state index in [1.165, 1.54) is 0 Å². The Morgan fingerprint density at radius 1 is 0.706 bits per heavy atom. The first kappa shape index (κ1) is 13.7. The number of nitrogens with one attached hydrogen (secondary N) is 2. The fourth-order valence-electron chi connectivity index (χ4n) is 1.34. The third-order valence-corrected chi connectivity index (χ3v) is 2.27. The molecule has 0 amide bonds. The van der Waals surface area contributed by atoms with Crippen LogP contribution in [0.4, 0.5) is 11.4 Å². The van der Waals surface area contributed by atoms with Gasteiger partial charge in [-0.2, -0.15) is 0 Å². The van der Waals surface area contributed by atoms with Crippen LogP contribution in [0.2, 0.25) is 0 Å². The zero-order valence-corrected chi connectivity index (χ0v) is 11.6. The summed E-state index contributed by atoms with van der Waals surface area (Å²) in [5.74, 6) is 0. The van der Waals surface area contributed by atoms with Gasteiger partial charge < -0.3 is 10.6 Å². The van der Waals surface area contributed by atoms with Crippen molar-refractivity contribution in [3.8, 4) is 0 Å². The smallest absolute Gasteiger partial charge is 0.175 e. The molecule has 0 fully saturated rings. The lowest BCUT2D eigenvalue weighted by Gasteiger charge is -2.09. The Morgan fingerprint density at radius 2 is 1.06 bits per heavy atom. The number of anilines is 2. The third kappa shape index (κ3) is 4.54. The van der Waals surface area contributed by atoms with Crippen LogP contribution in [0.5, 0.6) is 0 Å². The predicted octanol–water partition coefficient (Wildman–Crippen LogP) is 4.07. The summed E-state index contributed by atoms with van der Waals surface area (Å²) >= 11 is 5.20. The van der Waals surface area contributed by atoms with Crippen LogP contribution in [-0.2, 0) is 0 Å². The minimum absolute atomic E-state index is 0. The molecule has 17 heavy (non-hydrogen) atoms. The molecular weight excluding hydrogens is 296 g/mol. The van der Waals surface area contributed by atoms with Crippen molar-refractivity contribution in [3.05, 3.63) is 60.7 Å². The molecule has 0 spiro atoms. The van der Waals surface area contributed by atoms with E-state index in [1.807, 2.05) is 60.7 Å². The summed E-state index contributed by atoms with van der Waals surface area (Å²) in [5, 5.41) is 6.82. The molecule has 2 aromatic carbocycles. The number of halogens is 1. The second-order valence-electron chi connectivity index (χ2n) is 3.31. The molecule has 0 bridgehead atoms. The topological polar surface area (TPSA) is 24.1 Å². The van der Waals surface area contributed by atoms with Crippen LogP contribution in [0.15, 0.2) is 60.7 Å². The molecule has 4 heteroatoms. The predicted molar refractivity (Wildman–Crippen MR) is 83.0 cm³/mol. The van der Waals surface area contributed by atoms with E-state index >= 15 is 0 Å². The number of benzene rings is 2. The maximum atomic E-state index is 5.20. The summed E-state index contributed by atoms with van der Waals surface area (Å²) in [4.78, 5) is 0. The molecular formula is C13H13BrN2S. The Morgan fingerprint density at radius 3 is 1.41 bits per heavy atom. The molecule has 2 rings (SSSR count). The normalized spacial score (nSPS) is 8.94. The maximum Gasteiger partial charge on any atom is 0.175 e. The van der Waals surface area contributed by atoms with Crippen molar-refractivity contribution in [2.45, 2.75) is 0 Å². The van der Waals surface area contributed by atoms with Gasteiger partial charge >= 0.3 is 0 Å². The SMILES string of the molecule is Br.S=C(Nc1ccccc1)Nc1ccccc1. The monoisotopic (exact) mass is 308 g/mol. The number of thiocarbonyl (C=S) groups is 1. The molecule has 0 radical (unpaired) electrons. The lowest BCUT2D eigenvalue weighted by Crippen LogP contribution is -2.18. The van der Waals surface area contributed by atoms with Crippen molar-refractivity contribution in [1.29, 1.82) is 0 Å². The van der Waals surface area contributed by atoms with Crippen LogP contribution >= 0.6 is 29.2 Å². The van der Waals surface area contributed by atoms with Crippen molar-refractivity contribution in [3.63, 3.8) is 0 Å². The van der Waals surface area contributed by atoms with Crippen LogP contribution in [0.25, 0.3) is 0 Å². The summed E-state index contributed by atoms with van der Waals surface area (Å²) in [6, 6.07) is 19.7. The Hall–Kier alpha value is -1.39. The second kappa shape index (κ2) is 7.04. The zero-order valence-electron chi connectivity index (χ0n) is 9.09. The van der Waals surface area contributed by atoms with Gasteiger partial charge in [-0.05, 0) is 36.5 Å². The van der Waals surface area contributed by atoms with E-state index in [2.05, 4.69) is 10.6 Å². The molecule has 0 saturated carbocycles. The summed E-state index contributed by atoms with van der Waals surface area (Å²) < 4.78 is 0. The zero-order chi connectivity index (χ0) is 11.2. The molecule has 0 aliphatic heterocycles. The van der Waals surface area contributed by atoms with Gasteiger partial charge in [0.1, 0.15) is 0 Å². The number of para-hydroxylation sites is 2. The summed E-state index contributed by atoms with van der Waals surface area (Å²) in [6.07, 6.45) is 0. The van der Waals surface area contributed by atoms with Gasteiger partial charge in [0, 0.05) is 11.4 Å². The highest BCUT2D eigenvalue weighted by molar-refractivity contribution is 8.93. The summed E-state index contributed by atoms with van der Waals surface area (Å²) in [5.41, 5.74) is 1.96. The molecule has 0 aliphatic carbocycles. The fraction of sp³-hybridized carbons (Fsp3) is 0. The Labute approximate surface area is 117 Å². The van der Waals surface area contributed by atoms with Crippen molar-refractivity contribution in [1.82, 2.24) is 0 Å². The molecule has 2 aromatic rings. The van der Waals surface area contributed by atoms with E-state index in [1.54, 1.807) is 0 Å². The average Bonchev–Trinajstić information content (AvgIpc) is 2.31. The van der Waals surface area contributed by atoms with Crippen LogP contribution < -0.4 is 10.6 Å². The highest BCUT2D eigenvalue weighted by Crippen LogP contribution is 2.08. The van der Waals surface area contributed by atoms with E-state index in [-0.39, 0.29) is 17.0 Å². The molecule has 2 nitrogen and oxygen atoms in total. The van der Waals surface area contributed by atoms with Crippen LogP contribution in [0.1, 0.15) is 0 Å². The average molecular weight is 309 g/mol. The van der Waals surface area contributed by atoms with E-state index in [0.29, 0.717) is 5.11 Å². The Kier molecular flexibility index (Phi) is 5.66. The largest absolute Gasteiger partial charge is 0.332 e. The van der Waals surface area contributed by atoms with Gasteiger partial charge in [0.15, 0.2) is 5.11 Å². The van der Waals surface area contributed by atoms with Crippen molar-refractivity contribution in [2.75, 3.05) is 10.6 Å². The van der Waals surface area contributed by atoms with Gasteiger partial charge in [0.2, 0.25) is 0 Å². The molecule has 0 aromatic heterocycles. The minimum atomic E-state index is 0. The van der Waals surface area contributed by atoms with Gasteiger partial charge in [-0.1, -0.05) is 36.4 Å². The molecule has 88 valence electrons. The summed E-state index contributed by atoms with van der Waals surface area (Å²) in [7, 11) is 0. The second-order valence-corrected chi connectivity index (χ2v) is 3.72. The van der Waals surface area contributed by atoms with E-state index in [0.717, 1.165) is 11.4 Å². The van der Waals surface area contributed by atoms with Crippen molar-refractivity contribution >= 4 is 45.7 Å². The summed E-state index contributed by atoms with van der Waals surface area (Å²) in [6.45, 7) is 0. The number of rotatable bonds is 2. The first-order valence-electron chi connectivity index (χ1n) is 5.03. The van der Waals surface area contributed by atoms with Gasteiger partial charge in [-0.3, -0.25) is 0 Å². The molecule has 0 aliphatic rings. The van der Waals surface area contributed by atoms with E-state index in [4.69, 9.17) is 12.2 Å². The van der Waals surface area contributed by atoms with E-state index < -0.39 is 0 Å². The number of hydrogen-bond acceptors (Lipinski definition) is 1. The molecule has 0 heterocycles. The van der Waals surface area contributed by atoms with Gasteiger partial charge in [0.25, 0.3) is 0 Å². The third-order valence-electron chi connectivity index (χ3n) is 2.06. The lowest BCUT2D eigenvalue weighted by molar-refractivity contribution is 1.60. The fourth-order valence-corrected chi connectivity index (χ4v) is 1.57. The highest BCUT2D eigenvalue weighted by atomic mass is 79.9. The first-order valence-corrected chi connectivity index (χ1v) is 5.43. The minimum Gasteiger partial charge on any atom is -0.332 e. The molecule has 0 atom stereocenters. The standard InChI is InChI=1S/C13H12N2S.BrH/c16-13(14-11-7-3-1-4-8-11)15-12-9-5-2-6-10-12;/h1-10H,(H2,14,15,16);1H. The van der Waals surface area contributed by atoms with Gasteiger partial charge in [-0.15, -0.1) is 17.0 Å². The molecule has 0 unspecified atom stereocenters. The van der Waals surface area contributed by atoms with Crippen LogP contribution in [0, 0.1) is 0 Å². The van der Waals surface area contributed by atoms with Crippen LogP contribution in [0.3, 0.4) is 0 Å². The Bertz CT molecular complexity index is 416. The van der Waals surface area contributed by atoms with Gasteiger partial charge in [0.05, 0.1) is 0 Å². The maximum absolute atomic E-state index is 5.20. The van der Waals surface area contributed by atoms with Crippen molar-refractivity contribution < 1.29 is 0 Å². The van der Waals surface area contributed by atoms with E-state index in [9.17, 15) is 0 Å². The quantitative estimate of drug-likeness (QED) is 0.818. The Balaban J connectivity index is 0.00000144. The van der Waals surface area contributed by atoms with Crippen molar-refractivity contribution in [2.24, 2.45) is 0 Å². The number of hydrogen-bond donors (Lipinski definition) is 2. The highest BCUT2D eigenvalue weighted by Gasteiger charge is 1.96. The van der Waals surface area contributed by atoms with Gasteiger partial charge in [-0.25, -0.2) is 0 Å². The lowest BCUT2D eigenvalue weighted by atomic mass is 10.3. The molecule has 0 saturated heterocycles. The molecule has 2 N–H and O–H groups in total.